The Kier molecular flexibility index (Phi) is 5.19. The van der Waals surface area contributed by atoms with E-state index in [0.717, 1.165) is 6.54 Å². The Morgan fingerprint density at radius 2 is 1.94 bits per heavy atom. The number of nitrogens with zero attached hydrogens (tertiary/aromatic N) is 2. The molecule has 6 heteroatoms. The second-order valence-corrected chi connectivity index (χ2v) is 3.90. The van der Waals surface area contributed by atoms with Crippen LogP contribution in [0.4, 0.5) is 11.6 Å². The summed E-state index contributed by atoms with van der Waals surface area (Å²) in [4.78, 5) is 19.7. The van der Waals surface area contributed by atoms with Crippen molar-refractivity contribution < 1.29 is 4.79 Å². The van der Waals surface area contributed by atoms with Gasteiger partial charge < -0.3 is 16.0 Å². The Morgan fingerprint density at radius 3 is 2.53 bits per heavy atom. The van der Waals surface area contributed by atoms with E-state index in [2.05, 4.69) is 25.9 Å². The monoisotopic (exact) mass is 237 g/mol. The van der Waals surface area contributed by atoms with Crippen molar-refractivity contribution in [1.82, 2.24) is 15.3 Å². The van der Waals surface area contributed by atoms with Crippen LogP contribution in [0.2, 0.25) is 0 Å². The molecular formula is C11H19N5O. The predicted octanol–water partition coefficient (Wildman–Crippen LogP) is 0.845. The van der Waals surface area contributed by atoms with Crippen LogP contribution in [-0.4, -0.2) is 35.0 Å². The van der Waals surface area contributed by atoms with Crippen molar-refractivity contribution in [2.24, 2.45) is 0 Å². The number of rotatable bonds is 6. The van der Waals surface area contributed by atoms with E-state index in [1.165, 1.54) is 0 Å². The maximum atomic E-state index is 11.4. The molecule has 1 amide bonds. The summed E-state index contributed by atoms with van der Waals surface area (Å²) in [6, 6.07) is 0.142. The SMILES string of the molecule is CCNc1cncc(NCC(=O)NC(C)C)n1. The van der Waals surface area contributed by atoms with Crippen molar-refractivity contribution in [3.8, 4) is 0 Å². The number of hydrogen-bond donors (Lipinski definition) is 3. The van der Waals surface area contributed by atoms with Crippen molar-refractivity contribution in [3.05, 3.63) is 12.4 Å². The molecule has 0 aliphatic rings. The van der Waals surface area contributed by atoms with Crippen LogP contribution in [0.5, 0.6) is 0 Å². The van der Waals surface area contributed by atoms with Gasteiger partial charge in [-0.05, 0) is 20.8 Å². The van der Waals surface area contributed by atoms with Gasteiger partial charge >= 0.3 is 0 Å². The quantitative estimate of drug-likeness (QED) is 0.683. The van der Waals surface area contributed by atoms with Gasteiger partial charge in [0.15, 0.2) is 0 Å². The van der Waals surface area contributed by atoms with Crippen molar-refractivity contribution in [1.29, 1.82) is 0 Å². The number of aromatic nitrogens is 2. The second-order valence-electron chi connectivity index (χ2n) is 3.90. The Bertz CT molecular complexity index is 367. The summed E-state index contributed by atoms with van der Waals surface area (Å²) in [6.45, 7) is 6.80. The highest BCUT2D eigenvalue weighted by Gasteiger charge is 2.03. The fraction of sp³-hybridized carbons (Fsp3) is 0.545. The molecule has 1 rings (SSSR count). The average Bonchev–Trinajstić information content (AvgIpc) is 2.26. The zero-order valence-corrected chi connectivity index (χ0v) is 10.4. The van der Waals surface area contributed by atoms with Crippen LogP contribution < -0.4 is 16.0 Å². The first-order chi connectivity index (χ1) is 8.11. The van der Waals surface area contributed by atoms with Crippen molar-refractivity contribution >= 4 is 17.5 Å². The molecule has 0 spiro atoms. The van der Waals surface area contributed by atoms with Gasteiger partial charge in [-0.3, -0.25) is 9.78 Å². The van der Waals surface area contributed by atoms with Gasteiger partial charge in [-0.1, -0.05) is 0 Å². The molecule has 6 nitrogen and oxygen atoms in total. The van der Waals surface area contributed by atoms with Crippen LogP contribution >= 0.6 is 0 Å². The number of hydrogen-bond acceptors (Lipinski definition) is 5. The highest BCUT2D eigenvalue weighted by atomic mass is 16.1. The Morgan fingerprint density at radius 1 is 1.29 bits per heavy atom. The van der Waals surface area contributed by atoms with Crippen LogP contribution in [0, 0.1) is 0 Å². The number of carbonyl (C=O) groups excluding carboxylic acids is 1. The number of amides is 1. The first-order valence-electron chi connectivity index (χ1n) is 5.71. The molecule has 0 aromatic carbocycles. The third kappa shape index (κ3) is 5.14. The van der Waals surface area contributed by atoms with Gasteiger partial charge in [-0.25, -0.2) is 4.98 Å². The smallest absolute Gasteiger partial charge is 0.239 e. The van der Waals surface area contributed by atoms with Crippen molar-refractivity contribution in [3.63, 3.8) is 0 Å². The first-order valence-corrected chi connectivity index (χ1v) is 5.71. The molecule has 0 radical (unpaired) electrons. The molecule has 0 aliphatic heterocycles. The largest absolute Gasteiger partial charge is 0.369 e. The summed E-state index contributed by atoms with van der Waals surface area (Å²) < 4.78 is 0. The maximum Gasteiger partial charge on any atom is 0.239 e. The number of carbonyl (C=O) groups is 1. The van der Waals surface area contributed by atoms with Gasteiger partial charge in [0.1, 0.15) is 11.6 Å². The van der Waals surface area contributed by atoms with Gasteiger partial charge in [0.2, 0.25) is 5.91 Å². The summed E-state index contributed by atoms with van der Waals surface area (Å²) in [5, 5.41) is 8.76. The highest BCUT2D eigenvalue weighted by Crippen LogP contribution is 2.05. The molecule has 0 saturated heterocycles. The molecule has 1 aromatic rings. The van der Waals surface area contributed by atoms with Gasteiger partial charge in [-0.2, -0.15) is 0 Å². The summed E-state index contributed by atoms with van der Waals surface area (Å²) in [7, 11) is 0. The molecule has 17 heavy (non-hydrogen) atoms. The molecule has 0 aliphatic carbocycles. The topological polar surface area (TPSA) is 78.9 Å². The molecule has 0 saturated carbocycles. The van der Waals surface area contributed by atoms with E-state index in [0.29, 0.717) is 11.6 Å². The number of nitrogens with one attached hydrogen (secondary N) is 3. The molecule has 1 heterocycles. The van der Waals surface area contributed by atoms with Gasteiger partial charge in [0.05, 0.1) is 18.9 Å². The van der Waals surface area contributed by atoms with Crippen LogP contribution in [-0.2, 0) is 4.79 Å². The third-order valence-corrected chi connectivity index (χ3v) is 1.87. The normalized spacial score (nSPS) is 10.1. The molecule has 0 bridgehead atoms. The fourth-order valence-corrected chi connectivity index (χ4v) is 1.26. The van der Waals surface area contributed by atoms with E-state index < -0.39 is 0 Å². The minimum absolute atomic E-state index is 0.0596. The molecule has 94 valence electrons. The van der Waals surface area contributed by atoms with E-state index in [1.54, 1.807) is 12.4 Å². The van der Waals surface area contributed by atoms with Crippen LogP contribution in [0.15, 0.2) is 12.4 Å². The summed E-state index contributed by atoms with van der Waals surface area (Å²) in [5.74, 6) is 1.22. The van der Waals surface area contributed by atoms with E-state index in [9.17, 15) is 4.79 Å². The Balaban J connectivity index is 2.45. The molecule has 0 fully saturated rings. The molecular weight excluding hydrogens is 218 g/mol. The lowest BCUT2D eigenvalue weighted by Gasteiger charge is -2.10. The zero-order chi connectivity index (χ0) is 12.7. The fourth-order valence-electron chi connectivity index (χ4n) is 1.26. The minimum Gasteiger partial charge on any atom is -0.369 e. The molecule has 0 unspecified atom stereocenters. The van der Waals surface area contributed by atoms with E-state index >= 15 is 0 Å². The lowest BCUT2D eigenvalue weighted by atomic mass is 10.4. The van der Waals surface area contributed by atoms with Gasteiger partial charge in [-0.15, -0.1) is 0 Å². The third-order valence-electron chi connectivity index (χ3n) is 1.87. The summed E-state index contributed by atoms with van der Waals surface area (Å²) in [6.07, 6.45) is 3.23. The zero-order valence-electron chi connectivity index (χ0n) is 10.4. The van der Waals surface area contributed by atoms with Crippen molar-refractivity contribution in [2.45, 2.75) is 26.8 Å². The Hall–Kier alpha value is -1.85. The summed E-state index contributed by atoms with van der Waals surface area (Å²) in [5.41, 5.74) is 0. The lowest BCUT2D eigenvalue weighted by Crippen LogP contribution is -2.35. The van der Waals surface area contributed by atoms with E-state index in [1.807, 2.05) is 20.8 Å². The van der Waals surface area contributed by atoms with Crippen LogP contribution in [0.3, 0.4) is 0 Å². The van der Waals surface area contributed by atoms with Crippen LogP contribution in [0.25, 0.3) is 0 Å². The first kappa shape index (κ1) is 13.2. The average molecular weight is 237 g/mol. The minimum atomic E-state index is -0.0596. The number of anilines is 2. The standard InChI is InChI=1S/C11H19N5O/c1-4-13-9-5-12-6-10(16-9)14-7-11(17)15-8(2)3/h5-6,8H,4,7H2,1-3H3,(H,15,17)(H2,13,14,16). The van der Waals surface area contributed by atoms with Crippen molar-refractivity contribution in [2.75, 3.05) is 23.7 Å². The van der Waals surface area contributed by atoms with Gasteiger partial charge in [0.25, 0.3) is 0 Å². The molecule has 0 atom stereocenters. The highest BCUT2D eigenvalue weighted by molar-refractivity contribution is 5.80. The maximum absolute atomic E-state index is 11.4. The summed E-state index contributed by atoms with van der Waals surface area (Å²) >= 11 is 0. The van der Waals surface area contributed by atoms with Crippen LogP contribution in [0.1, 0.15) is 20.8 Å². The molecule has 1 aromatic heterocycles. The van der Waals surface area contributed by atoms with Gasteiger partial charge in [0, 0.05) is 12.6 Å². The predicted molar refractivity (Wildman–Crippen MR) is 68.0 cm³/mol. The molecule has 3 N–H and O–H groups in total. The Labute approximate surface area is 101 Å². The lowest BCUT2D eigenvalue weighted by molar-refractivity contribution is -0.119. The van der Waals surface area contributed by atoms with E-state index in [4.69, 9.17) is 0 Å². The second kappa shape index (κ2) is 6.67. The van der Waals surface area contributed by atoms with E-state index in [-0.39, 0.29) is 18.5 Å².